The van der Waals surface area contributed by atoms with E-state index in [1.807, 2.05) is 0 Å². The highest BCUT2D eigenvalue weighted by Crippen LogP contribution is 2.44. The Kier molecular flexibility index (Phi) is 4.52. The molecule has 2 atom stereocenters. The van der Waals surface area contributed by atoms with Crippen LogP contribution in [0, 0.1) is 11.7 Å². The number of aromatic nitrogens is 1. The Hall–Kier alpha value is -1.04. The lowest BCUT2D eigenvalue weighted by Crippen LogP contribution is -2.46. The van der Waals surface area contributed by atoms with E-state index in [1.165, 1.54) is 25.5 Å². The summed E-state index contributed by atoms with van der Waals surface area (Å²) in [6.07, 6.45) is 10.8. The zero-order valence-corrected chi connectivity index (χ0v) is 12.4. The van der Waals surface area contributed by atoms with Gasteiger partial charge in [0.1, 0.15) is 5.82 Å². The summed E-state index contributed by atoms with van der Waals surface area (Å²) in [7, 11) is 0. The van der Waals surface area contributed by atoms with Crippen LogP contribution in [-0.4, -0.2) is 17.2 Å². The maximum absolute atomic E-state index is 14.0. The topological polar surface area (TPSA) is 60.2 Å². The van der Waals surface area contributed by atoms with Gasteiger partial charge in [0.25, 0.3) is 0 Å². The summed E-state index contributed by atoms with van der Waals surface area (Å²) in [5.74, 6) is 5.76. The number of nitrogens with one attached hydrogen (secondary N) is 1. The molecule has 1 spiro atoms. The summed E-state index contributed by atoms with van der Waals surface area (Å²) in [4.78, 5) is 3.82. The molecule has 21 heavy (non-hydrogen) atoms. The zero-order chi connectivity index (χ0) is 14.7. The van der Waals surface area contributed by atoms with Gasteiger partial charge in [0.15, 0.2) is 0 Å². The number of nitrogens with zero attached hydrogens (tertiary/aromatic N) is 1. The number of hydrogen-bond donors (Lipinski definition) is 2. The molecule has 116 valence electrons. The molecule has 1 saturated carbocycles. The minimum absolute atomic E-state index is 0.000225. The molecule has 2 fully saturated rings. The van der Waals surface area contributed by atoms with Gasteiger partial charge in [-0.3, -0.25) is 16.3 Å². The highest BCUT2D eigenvalue weighted by molar-refractivity contribution is 5.19. The van der Waals surface area contributed by atoms with Gasteiger partial charge in [-0.15, -0.1) is 0 Å². The van der Waals surface area contributed by atoms with Crippen LogP contribution in [0.4, 0.5) is 4.39 Å². The van der Waals surface area contributed by atoms with E-state index in [1.54, 1.807) is 12.3 Å². The third-order valence-electron chi connectivity index (χ3n) is 5.09. The molecule has 0 amide bonds. The van der Waals surface area contributed by atoms with E-state index in [0.29, 0.717) is 11.5 Å². The van der Waals surface area contributed by atoms with Gasteiger partial charge in [-0.05, 0) is 37.7 Å². The lowest BCUT2D eigenvalue weighted by molar-refractivity contribution is -0.122. The highest BCUT2D eigenvalue weighted by Gasteiger charge is 2.41. The Morgan fingerprint density at radius 2 is 2.19 bits per heavy atom. The molecule has 4 nitrogen and oxygen atoms in total. The van der Waals surface area contributed by atoms with Crippen molar-refractivity contribution in [3.63, 3.8) is 0 Å². The summed E-state index contributed by atoms with van der Waals surface area (Å²) in [5.41, 5.74) is 3.44. The molecule has 1 saturated heterocycles. The lowest BCUT2D eigenvalue weighted by atomic mass is 9.73. The molecule has 1 aromatic heterocycles. The maximum atomic E-state index is 14.0. The fourth-order valence-corrected chi connectivity index (χ4v) is 4.01. The van der Waals surface area contributed by atoms with E-state index in [2.05, 4.69) is 10.4 Å². The van der Waals surface area contributed by atoms with Crippen LogP contribution in [0.25, 0.3) is 0 Å². The Labute approximate surface area is 125 Å². The number of hydrazine groups is 1. The third kappa shape index (κ3) is 3.10. The standard InChI is InChI=1S/C16H24FN3O/c17-14-11-19-8-4-13(14)15(20-18)12-5-9-21-16(10-12)6-2-1-3-7-16/h4,8,11-12,15,20H,1-3,5-7,9-10,18H2. The van der Waals surface area contributed by atoms with Crippen LogP contribution < -0.4 is 11.3 Å². The second-order valence-corrected chi connectivity index (χ2v) is 6.39. The quantitative estimate of drug-likeness (QED) is 0.664. The van der Waals surface area contributed by atoms with Crippen molar-refractivity contribution in [3.05, 3.63) is 29.8 Å². The van der Waals surface area contributed by atoms with Crippen LogP contribution in [0.2, 0.25) is 0 Å². The van der Waals surface area contributed by atoms with E-state index < -0.39 is 0 Å². The molecular formula is C16H24FN3O. The molecule has 1 aliphatic heterocycles. The number of ether oxygens (including phenoxy) is 1. The second-order valence-electron chi connectivity index (χ2n) is 6.39. The number of rotatable bonds is 3. The van der Waals surface area contributed by atoms with E-state index in [-0.39, 0.29) is 17.5 Å². The van der Waals surface area contributed by atoms with Crippen LogP contribution >= 0.6 is 0 Å². The fraction of sp³-hybridized carbons (Fsp3) is 0.688. The van der Waals surface area contributed by atoms with E-state index in [9.17, 15) is 4.39 Å². The van der Waals surface area contributed by atoms with Crippen molar-refractivity contribution in [1.82, 2.24) is 10.4 Å². The predicted molar refractivity (Wildman–Crippen MR) is 78.8 cm³/mol. The minimum Gasteiger partial charge on any atom is -0.375 e. The lowest BCUT2D eigenvalue weighted by Gasteiger charge is -2.45. The Balaban J connectivity index is 1.79. The molecule has 1 aliphatic carbocycles. The Morgan fingerprint density at radius 3 is 2.90 bits per heavy atom. The first-order chi connectivity index (χ1) is 10.2. The van der Waals surface area contributed by atoms with Gasteiger partial charge in [-0.1, -0.05) is 19.3 Å². The van der Waals surface area contributed by atoms with Crippen molar-refractivity contribution in [2.45, 2.75) is 56.6 Å². The van der Waals surface area contributed by atoms with Crippen molar-refractivity contribution in [1.29, 1.82) is 0 Å². The molecule has 5 heteroatoms. The van der Waals surface area contributed by atoms with Gasteiger partial charge in [0.2, 0.25) is 0 Å². The van der Waals surface area contributed by atoms with Gasteiger partial charge in [-0.25, -0.2) is 4.39 Å². The molecule has 0 radical (unpaired) electrons. The predicted octanol–water partition coefficient (Wildman–Crippen LogP) is 2.85. The molecule has 3 rings (SSSR count). The number of pyridine rings is 1. The number of halogens is 1. The highest BCUT2D eigenvalue weighted by atomic mass is 19.1. The molecular weight excluding hydrogens is 269 g/mol. The Bertz CT molecular complexity index is 471. The van der Waals surface area contributed by atoms with E-state index in [4.69, 9.17) is 10.6 Å². The molecule has 3 N–H and O–H groups in total. The summed E-state index contributed by atoms with van der Waals surface area (Å²) >= 11 is 0. The average Bonchev–Trinajstić information content (AvgIpc) is 2.51. The average molecular weight is 293 g/mol. The summed E-state index contributed by atoms with van der Waals surface area (Å²) in [6, 6.07) is 1.55. The van der Waals surface area contributed by atoms with Crippen molar-refractivity contribution in [2.24, 2.45) is 11.8 Å². The van der Waals surface area contributed by atoms with E-state index >= 15 is 0 Å². The third-order valence-corrected chi connectivity index (χ3v) is 5.09. The molecule has 1 aromatic rings. The smallest absolute Gasteiger partial charge is 0.146 e. The first-order valence-corrected chi connectivity index (χ1v) is 7.94. The number of hydrogen-bond acceptors (Lipinski definition) is 4. The van der Waals surface area contributed by atoms with Crippen molar-refractivity contribution in [2.75, 3.05) is 6.61 Å². The van der Waals surface area contributed by atoms with Gasteiger partial charge in [0, 0.05) is 18.4 Å². The maximum Gasteiger partial charge on any atom is 0.146 e. The van der Waals surface area contributed by atoms with Gasteiger partial charge in [0.05, 0.1) is 17.8 Å². The van der Waals surface area contributed by atoms with Crippen LogP contribution in [0.15, 0.2) is 18.5 Å². The van der Waals surface area contributed by atoms with Gasteiger partial charge < -0.3 is 4.74 Å². The summed E-state index contributed by atoms with van der Waals surface area (Å²) in [5, 5.41) is 0. The summed E-state index contributed by atoms with van der Waals surface area (Å²) < 4.78 is 20.1. The summed E-state index contributed by atoms with van der Waals surface area (Å²) in [6.45, 7) is 0.746. The molecule has 0 aromatic carbocycles. The number of nitrogens with two attached hydrogens (primary N) is 1. The van der Waals surface area contributed by atoms with Crippen LogP contribution in [-0.2, 0) is 4.74 Å². The molecule has 0 bridgehead atoms. The van der Waals surface area contributed by atoms with Crippen molar-refractivity contribution in [3.8, 4) is 0 Å². The second kappa shape index (κ2) is 6.38. The first kappa shape index (κ1) is 14.9. The minimum atomic E-state index is -0.287. The van der Waals surface area contributed by atoms with E-state index in [0.717, 1.165) is 32.3 Å². The van der Waals surface area contributed by atoms with Gasteiger partial charge >= 0.3 is 0 Å². The molecule has 2 aliphatic rings. The monoisotopic (exact) mass is 293 g/mol. The fourth-order valence-electron chi connectivity index (χ4n) is 4.01. The SMILES string of the molecule is NNC(c1ccncc1F)C1CCOC2(CCCCC2)C1. The largest absolute Gasteiger partial charge is 0.375 e. The first-order valence-electron chi connectivity index (χ1n) is 7.94. The van der Waals surface area contributed by atoms with Gasteiger partial charge in [-0.2, -0.15) is 0 Å². The van der Waals surface area contributed by atoms with Crippen molar-refractivity contribution < 1.29 is 9.13 Å². The molecule has 2 heterocycles. The normalized spacial score (nSPS) is 26.7. The molecule has 2 unspecified atom stereocenters. The Morgan fingerprint density at radius 1 is 1.38 bits per heavy atom. The van der Waals surface area contributed by atoms with Crippen LogP contribution in [0.3, 0.4) is 0 Å². The van der Waals surface area contributed by atoms with Crippen LogP contribution in [0.5, 0.6) is 0 Å². The van der Waals surface area contributed by atoms with Crippen molar-refractivity contribution >= 4 is 0 Å². The zero-order valence-electron chi connectivity index (χ0n) is 12.4. The van der Waals surface area contributed by atoms with Crippen LogP contribution in [0.1, 0.15) is 56.6 Å².